The maximum Gasteiger partial charge on any atom is 0.224 e. The van der Waals surface area contributed by atoms with Gasteiger partial charge in [0.25, 0.3) is 0 Å². The van der Waals surface area contributed by atoms with Crippen LogP contribution in [0.25, 0.3) is 10.9 Å². The number of ether oxygens (including phenoxy) is 1. The molecule has 5 heteroatoms. The summed E-state index contributed by atoms with van der Waals surface area (Å²) in [5, 5.41) is 4.57. The summed E-state index contributed by atoms with van der Waals surface area (Å²) in [6.45, 7) is 0.768. The zero-order chi connectivity index (χ0) is 15.4. The van der Waals surface area contributed by atoms with Crippen molar-refractivity contribution < 1.29 is 4.74 Å². The fourth-order valence-corrected chi connectivity index (χ4v) is 2.48. The summed E-state index contributed by atoms with van der Waals surface area (Å²) in [4.78, 5) is 8.51. The Hall–Kier alpha value is -2.33. The van der Waals surface area contributed by atoms with Gasteiger partial charge in [-0.05, 0) is 47.9 Å². The van der Waals surface area contributed by atoms with Gasteiger partial charge >= 0.3 is 0 Å². The second-order valence-corrected chi connectivity index (χ2v) is 5.22. The molecule has 1 heterocycles. The van der Waals surface area contributed by atoms with Crippen LogP contribution >= 0.6 is 11.6 Å². The number of anilines is 1. The molecule has 3 aromatic rings. The Morgan fingerprint density at radius 2 is 1.82 bits per heavy atom. The SMILES string of the molecule is COc1ccc(CCNc2nc(Cl)nc3ccccc23)cc1. The van der Waals surface area contributed by atoms with Gasteiger partial charge in [0.15, 0.2) is 0 Å². The fraction of sp³-hybridized carbons (Fsp3) is 0.176. The molecular formula is C17H16ClN3O. The molecule has 0 fully saturated rings. The third-order valence-corrected chi connectivity index (χ3v) is 3.61. The predicted molar refractivity (Wildman–Crippen MR) is 89.7 cm³/mol. The normalized spacial score (nSPS) is 10.6. The molecular weight excluding hydrogens is 298 g/mol. The number of para-hydroxylation sites is 1. The molecule has 112 valence electrons. The van der Waals surface area contributed by atoms with Crippen LogP contribution in [0, 0.1) is 0 Å². The van der Waals surface area contributed by atoms with Crippen LogP contribution in [0.2, 0.25) is 5.28 Å². The lowest BCUT2D eigenvalue weighted by Gasteiger charge is -2.09. The average molecular weight is 314 g/mol. The first-order chi connectivity index (χ1) is 10.8. The number of rotatable bonds is 5. The highest BCUT2D eigenvalue weighted by atomic mass is 35.5. The Morgan fingerprint density at radius 3 is 2.59 bits per heavy atom. The summed E-state index contributed by atoms with van der Waals surface area (Å²) in [6.07, 6.45) is 0.889. The van der Waals surface area contributed by atoms with E-state index >= 15 is 0 Å². The number of nitrogens with zero attached hydrogens (tertiary/aromatic N) is 2. The quantitative estimate of drug-likeness (QED) is 0.725. The summed E-state index contributed by atoms with van der Waals surface area (Å²) in [5.41, 5.74) is 2.08. The van der Waals surface area contributed by atoms with Gasteiger partial charge < -0.3 is 10.1 Å². The lowest BCUT2D eigenvalue weighted by atomic mass is 10.1. The Bertz CT molecular complexity index is 774. The molecule has 0 saturated heterocycles. The van der Waals surface area contributed by atoms with Crippen LogP contribution in [0.5, 0.6) is 5.75 Å². The van der Waals surface area contributed by atoms with E-state index in [4.69, 9.17) is 16.3 Å². The van der Waals surface area contributed by atoms with Crippen molar-refractivity contribution >= 4 is 28.3 Å². The summed E-state index contributed by atoms with van der Waals surface area (Å²) >= 11 is 5.98. The first kappa shape index (κ1) is 14.6. The van der Waals surface area contributed by atoms with E-state index in [-0.39, 0.29) is 5.28 Å². The van der Waals surface area contributed by atoms with Crippen molar-refractivity contribution in [3.8, 4) is 5.75 Å². The summed E-state index contributed by atoms with van der Waals surface area (Å²) < 4.78 is 5.16. The largest absolute Gasteiger partial charge is 0.497 e. The van der Waals surface area contributed by atoms with Crippen LogP contribution < -0.4 is 10.1 Å². The van der Waals surface area contributed by atoms with Crippen molar-refractivity contribution in [2.24, 2.45) is 0 Å². The highest BCUT2D eigenvalue weighted by molar-refractivity contribution is 6.28. The summed E-state index contributed by atoms with van der Waals surface area (Å²) in [6, 6.07) is 15.9. The third kappa shape index (κ3) is 3.28. The van der Waals surface area contributed by atoms with Gasteiger partial charge in [-0.3, -0.25) is 0 Å². The topological polar surface area (TPSA) is 47.0 Å². The van der Waals surface area contributed by atoms with Gasteiger partial charge in [-0.1, -0.05) is 24.3 Å². The molecule has 3 rings (SSSR count). The summed E-state index contributed by atoms with van der Waals surface area (Å²) in [5.74, 6) is 1.63. The van der Waals surface area contributed by atoms with E-state index in [1.165, 1.54) is 5.56 Å². The number of nitrogens with one attached hydrogen (secondary N) is 1. The Morgan fingerprint density at radius 1 is 1.05 bits per heavy atom. The smallest absolute Gasteiger partial charge is 0.224 e. The number of benzene rings is 2. The molecule has 4 nitrogen and oxygen atoms in total. The average Bonchev–Trinajstić information content (AvgIpc) is 2.55. The molecule has 1 N–H and O–H groups in total. The van der Waals surface area contributed by atoms with Gasteiger partial charge in [0, 0.05) is 11.9 Å². The molecule has 0 bridgehead atoms. The second kappa shape index (κ2) is 6.62. The number of halogens is 1. The highest BCUT2D eigenvalue weighted by Gasteiger charge is 2.05. The van der Waals surface area contributed by atoms with Crippen LogP contribution in [0.4, 0.5) is 5.82 Å². The van der Waals surface area contributed by atoms with Crippen molar-refractivity contribution in [1.29, 1.82) is 0 Å². The maximum absolute atomic E-state index is 5.98. The van der Waals surface area contributed by atoms with E-state index in [1.54, 1.807) is 7.11 Å². The Kier molecular flexibility index (Phi) is 4.39. The first-order valence-corrected chi connectivity index (χ1v) is 7.43. The van der Waals surface area contributed by atoms with E-state index in [9.17, 15) is 0 Å². The second-order valence-electron chi connectivity index (χ2n) is 4.88. The minimum Gasteiger partial charge on any atom is -0.497 e. The molecule has 0 unspecified atom stereocenters. The van der Waals surface area contributed by atoms with E-state index in [0.29, 0.717) is 0 Å². The monoisotopic (exact) mass is 313 g/mol. The lowest BCUT2D eigenvalue weighted by Crippen LogP contribution is -2.07. The molecule has 0 atom stereocenters. The van der Waals surface area contributed by atoms with Crippen molar-refractivity contribution in [2.45, 2.75) is 6.42 Å². The molecule has 1 aromatic heterocycles. The molecule has 0 aliphatic rings. The van der Waals surface area contributed by atoms with Crippen molar-refractivity contribution in [2.75, 3.05) is 19.0 Å². The maximum atomic E-state index is 5.98. The van der Waals surface area contributed by atoms with Crippen LogP contribution in [-0.2, 0) is 6.42 Å². The molecule has 0 aliphatic carbocycles. The fourth-order valence-electron chi connectivity index (χ4n) is 2.30. The van der Waals surface area contributed by atoms with Gasteiger partial charge in [-0.25, -0.2) is 9.97 Å². The number of hydrogen-bond acceptors (Lipinski definition) is 4. The molecule has 22 heavy (non-hydrogen) atoms. The summed E-state index contributed by atoms with van der Waals surface area (Å²) in [7, 11) is 1.67. The van der Waals surface area contributed by atoms with Crippen LogP contribution in [0.15, 0.2) is 48.5 Å². The molecule has 0 saturated carbocycles. The van der Waals surface area contributed by atoms with E-state index < -0.39 is 0 Å². The van der Waals surface area contributed by atoms with Crippen LogP contribution in [0.3, 0.4) is 0 Å². The van der Waals surface area contributed by atoms with Gasteiger partial charge in [-0.15, -0.1) is 0 Å². The standard InChI is InChI=1S/C17H16ClN3O/c1-22-13-8-6-12(7-9-13)10-11-19-16-14-4-2-3-5-15(14)20-17(18)21-16/h2-9H,10-11H2,1H3,(H,19,20,21). The molecule has 0 aliphatic heterocycles. The lowest BCUT2D eigenvalue weighted by molar-refractivity contribution is 0.414. The zero-order valence-corrected chi connectivity index (χ0v) is 13.0. The number of fused-ring (bicyclic) bond motifs is 1. The van der Waals surface area contributed by atoms with Gasteiger partial charge in [-0.2, -0.15) is 0 Å². The third-order valence-electron chi connectivity index (χ3n) is 3.44. The Labute approximate surface area is 134 Å². The molecule has 0 spiro atoms. The van der Waals surface area contributed by atoms with Crippen LogP contribution in [0.1, 0.15) is 5.56 Å². The highest BCUT2D eigenvalue weighted by Crippen LogP contribution is 2.21. The molecule has 2 aromatic carbocycles. The molecule has 0 amide bonds. The Balaban J connectivity index is 1.71. The first-order valence-electron chi connectivity index (χ1n) is 7.05. The predicted octanol–water partition coefficient (Wildman–Crippen LogP) is 3.95. The number of methoxy groups -OCH3 is 1. The minimum absolute atomic E-state index is 0.255. The van der Waals surface area contributed by atoms with E-state index in [0.717, 1.165) is 35.4 Å². The van der Waals surface area contributed by atoms with Crippen LogP contribution in [-0.4, -0.2) is 23.6 Å². The number of hydrogen-bond donors (Lipinski definition) is 1. The van der Waals surface area contributed by atoms with E-state index in [1.807, 2.05) is 36.4 Å². The number of aromatic nitrogens is 2. The van der Waals surface area contributed by atoms with Gasteiger partial charge in [0.05, 0.1) is 12.6 Å². The van der Waals surface area contributed by atoms with Crippen molar-refractivity contribution in [3.05, 3.63) is 59.4 Å². The van der Waals surface area contributed by atoms with Crippen molar-refractivity contribution in [1.82, 2.24) is 9.97 Å². The van der Waals surface area contributed by atoms with Crippen molar-refractivity contribution in [3.63, 3.8) is 0 Å². The molecule has 0 radical (unpaired) electrons. The minimum atomic E-state index is 0.255. The zero-order valence-electron chi connectivity index (χ0n) is 12.2. The van der Waals surface area contributed by atoms with E-state index in [2.05, 4.69) is 27.4 Å². The van der Waals surface area contributed by atoms with Gasteiger partial charge in [0.2, 0.25) is 5.28 Å². The van der Waals surface area contributed by atoms with Gasteiger partial charge in [0.1, 0.15) is 11.6 Å².